The maximum atomic E-state index is 12.2. The molecule has 1 rings (SSSR count). The molecule has 2 atom stereocenters. The molecule has 3 nitrogen and oxygen atoms in total. The summed E-state index contributed by atoms with van der Waals surface area (Å²) in [5.74, 6) is 0. The molecule has 1 aliphatic rings. The fourth-order valence-corrected chi connectivity index (χ4v) is 2.25. The normalized spacial score (nSPS) is 25.2. The molecule has 0 radical (unpaired) electrons. The van der Waals surface area contributed by atoms with Crippen molar-refractivity contribution in [3.05, 3.63) is 24.8 Å². The Morgan fingerprint density at radius 1 is 1.39 bits per heavy atom. The predicted molar refractivity (Wildman–Crippen MR) is 74.5 cm³/mol. The van der Waals surface area contributed by atoms with E-state index in [4.69, 9.17) is 4.74 Å². The first-order valence-electron chi connectivity index (χ1n) is 6.65. The second-order valence-electron chi connectivity index (χ2n) is 5.86. The third-order valence-electron chi connectivity index (χ3n) is 3.03. The average molecular weight is 251 g/mol. The topological polar surface area (TPSA) is 29.5 Å². The SMILES string of the molecule is C=C/C=C/C1CCCC(C)N1C(=O)OC(C)(C)C. The van der Waals surface area contributed by atoms with E-state index in [0.717, 1.165) is 19.3 Å². The van der Waals surface area contributed by atoms with E-state index >= 15 is 0 Å². The molecular weight excluding hydrogens is 226 g/mol. The minimum absolute atomic E-state index is 0.126. The number of rotatable bonds is 2. The van der Waals surface area contributed by atoms with Crippen LogP contribution in [0, 0.1) is 0 Å². The number of carbonyl (C=O) groups is 1. The fraction of sp³-hybridized carbons (Fsp3) is 0.667. The van der Waals surface area contributed by atoms with Crippen LogP contribution < -0.4 is 0 Å². The Kier molecular flexibility index (Phi) is 5.00. The van der Waals surface area contributed by atoms with Gasteiger partial charge in [-0.1, -0.05) is 24.8 Å². The molecule has 3 heteroatoms. The van der Waals surface area contributed by atoms with E-state index in [1.807, 2.05) is 37.8 Å². The molecule has 18 heavy (non-hydrogen) atoms. The summed E-state index contributed by atoms with van der Waals surface area (Å²) in [5.41, 5.74) is -0.444. The molecule has 0 aromatic heterocycles. The number of allylic oxidation sites excluding steroid dienone is 2. The summed E-state index contributed by atoms with van der Waals surface area (Å²) in [6, 6.07) is 0.356. The van der Waals surface area contributed by atoms with Crippen molar-refractivity contribution < 1.29 is 9.53 Å². The zero-order valence-electron chi connectivity index (χ0n) is 12.0. The van der Waals surface area contributed by atoms with Crippen LogP contribution in [0.1, 0.15) is 47.0 Å². The first kappa shape index (κ1) is 14.8. The van der Waals surface area contributed by atoms with Crippen molar-refractivity contribution in [1.29, 1.82) is 0 Å². The zero-order valence-corrected chi connectivity index (χ0v) is 12.0. The van der Waals surface area contributed by atoms with Crippen LogP contribution in [0.15, 0.2) is 24.8 Å². The van der Waals surface area contributed by atoms with Crippen molar-refractivity contribution in [2.45, 2.75) is 64.6 Å². The summed E-state index contributed by atoms with van der Waals surface area (Å²) in [6.45, 7) is 11.4. The van der Waals surface area contributed by atoms with Gasteiger partial charge in [0.2, 0.25) is 0 Å². The minimum atomic E-state index is -0.444. The van der Waals surface area contributed by atoms with Crippen LogP contribution in [0.25, 0.3) is 0 Å². The van der Waals surface area contributed by atoms with Crippen LogP contribution in [0.2, 0.25) is 0 Å². The van der Waals surface area contributed by atoms with Crippen molar-refractivity contribution in [1.82, 2.24) is 4.90 Å². The van der Waals surface area contributed by atoms with Crippen molar-refractivity contribution in [3.63, 3.8) is 0 Å². The molecule has 0 aliphatic carbocycles. The maximum absolute atomic E-state index is 12.2. The number of hydrogen-bond donors (Lipinski definition) is 0. The van der Waals surface area contributed by atoms with E-state index in [-0.39, 0.29) is 18.2 Å². The third kappa shape index (κ3) is 4.21. The predicted octanol–water partition coefficient (Wildman–Crippen LogP) is 3.91. The van der Waals surface area contributed by atoms with Gasteiger partial charge >= 0.3 is 6.09 Å². The first-order valence-corrected chi connectivity index (χ1v) is 6.65. The molecule has 0 aromatic rings. The lowest BCUT2D eigenvalue weighted by molar-refractivity contribution is 0.00362. The van der Waals surface area contributed by atoms with Gasteiger partial charge in [-0.25, -0.2) is 4.79 Å². The van der Waals surface area contributed by atoms with Gasteiger partial charge in [0.05, 0.1) is 6.04 Å². The lowest BCUT2D eigenvalue weighted by Gasteiger charge is -2.39. The van der Waals surface area contributed by atoms with Gasteiger partial charge in [-0.05, 0) is 47.0 Å². The van der Waals surface area contributed by atoms with Crippen LogP contribution >= 0.6 is 0 Å². The Labute approximate surface area is 110 Å². The number of hydrogen-bond acceptors (Lipinski definition) is 2. The Balaban J connectivity index is 2.80. The van der Waals surface area contributed by atoms with Gasteiger partial charge in [0.1, 0.15) is 5.60 Å². The third-order valence-corrected chi connectivity index (χ3v) is 3.03. The molecular formula is C15H25NO2. The summed E-state index contributed by atoms with van der Waals surface area (Å²) < 4.78 is 5.49. The van der Waals surface area contributed by atoms with Crippen molar-refractivity contribution in [2.24, 2.45) is 0 Å². The number of nitrogens with zero attached hydrogens (tertiary/aromatic N) is 1. The summed E-state index contributed by atoms with van der Waals surface area (Å²) in [7, 11) is 0. The number of carbonyl (C=O) groups excluding carboxylic acids is 1. The molecule has 0 saturated carbocycles. The molecule has 0 bridgehead atoms. The van der Waals surface area contributed by atoms with Crippen LogP contribution in [0.3, 0.4) is 0 Å². The molecule has 2 unspecified atom stereocenters. The number of piperidine rings is 1. The highest BCUT2D eigenvalue weighted by Crippen LogP contribution is 2.26. The van der Waals surface area contributed by atoms with E-state index in [9.17, 15) is 4.79 Å². The summed E-state index contributed by atoms with van der Waals surface area (Å²) >= 11 is 0. The lowest BCUT2D eigenvalue weighted by atomic mass is 9.96. The molecule has 1 amide bonds. The molecule has 1 saturated heterocycles. The Morgan fingerprint density at radius 2 is 2.06 bits per heavy atom. The quantitative estimate of drug-likeness (QED) is 0.696. The molecule has 102 valence electrons. The molecule has 0 N–H and O–H groups in total. The highest BCUT2D eigenvalue weighted by molar-refractivity contribution is 5.69. The molecule has 1 fully saturated rings. The van der Waals surface area contributed by atoms with Gasteiger partial charge < -0.3 is 4.74 Å². The van der Waals surface area contributed by atoms with Gasteiger partial charge in [0.15, 0.2) is 0 Å². The minimum Gasteiger partial charge on any atom is -0.444 e. The molecule has 1 heterocycles. The van der Waals surface area contributed by atoms with Gasteiger partial charge in [0, 0.05) is 6.04 Å². The monoisotopic (exact) mass is 251 g/mol. The van der Waals surface area contributed by atoms with Gasteiger partial charge in [-0.2, -0.15) is 0 Å². The summed E-state index contributed by atoms with van der Waals surface area (Å²) in [6.07, 6.45) is 8.64. The average Bonchev–Trinajstić information content (AvgIpc) is 2.23. The van der Waals surface area contributed by atoms with Crippen molar-refractivity contribution in [3.8, 4) is 0 Å². The van der Waals surface area contributed by atoms with E-state index in [1.165, 1.54) is 0 Å². The molecule has 0 spiro atoms. The van der Waals surface area contributed by atoms with Gasteiger partial charge in [0.25, 0.3) is 0 Å². The van der Waals surface area contributed by atoms with Crippen LogP contribution in [0.5, 0.6) is 0 Å². The Hall–Kier alpha value is -1.25. The number of likely N-dealkylation sites (tertiary alicyclic amines) is 1. The first-order chi connectivity index (χ1) is 8.35. The highest BCUT2D eigenvalue weighted by atomic mass is 16.6. The van der Waals surface area contributed by atoms with Crippen LogP contribution in [0.4, 0.5) is 4.79 Å². The number of amides is 1. The maximum Gasteiger partial charge on any atom is 0.411 e. The van der Waals surface area contributed by atoms with E-state index in [2.05, 4.69) is 13.5 Å². The Bertz CT molecular complexity index is 328. The van der Waals surface area contributed by atoms with Crippen LogP contribution in [-0.2, 0) is 4.74 Å². The molecule has 1 aliphatic heterocycles. The van der Waals surface area contributed by atoms with Crippen LogP contribution in [-0.4, -0.2) is 28.7 Å². The molecule has 0 aromatic carbocycles. The van der Waals surface area contributed by atoms with Gasteiger partial charge in [-0.3, -0.25) is 4.90 Å². The summed E-state index contributed by atoms with van der Waals surface area (Å²) in [4.78, 5) is 14.1. The lowest BCUT2D eigenvalue weighted by Crippen LogP contribution is -2.49. The van der Waals surface area contributed by atoms with E-state index < -0.39 is 5.60 Å². The van der Waals surface area contributed by atoms with Crippen molar-refractivity contribution in [2.75, 3.05) is 0 Å². The summed E-state index contributed by atoms with van der Waals surface area (Å²) in [5, 5.41) is 0. The second-order valence-corrected chi connectivity index (χ2v) is 5.86. The highest BCUT2D eigenvalue weighted by Gasteiger charge is 2.33. The Morgan fingerprint density at radius 3 is 2.61 bits per heavy atom. The van der Waals surface area contributed by atoms with Gasteiger partial charge in [-0.15, -0.1) is 0 Å². The zero-order chi connectivity index (χ0) is 13.8. The smallest absolute Gasteiger partial charge is 0.411 e. The van der Waals surface area contributed by atoms with Crippen molar-refractivity contribution >= 4 is 6.09 Å². The van der Waals surface area contributed by atoms with E-state index in [0.29, 0.717) is 0 Å². The second kappa shape index (κ2) is 6.07. The standard InChI is InChI=1S/C15H25NO2/c1-6-7-10-13-11-8-9-12(2)16(13)14(17)18-15(3,4)5/h6-7,10,12-13H,1,8-9,11H2,2-5H3/b10-7+. The largest absolute Gasteiger partial charge is 0.444 e. The number of ether oxygens (including phenoxy) is 1. The fourth-order valence-electron chi connectivity index (χ4n) is 2.25. The van der Waals surface area contributed by atoms with E-state index in [1.54, 1.807) is 6.08 Å².